The Morgan fingerprint density at radius 1 is 1.64 bits per heavy atom. The fourth-order valence-electron chi connectivity index (χ4n) is 0.569. The summed E-state index contributed by atoms with van der Waals surface area (Å²) in [6.07, 6.45) is 0.677. The molecule has 0 fully saturated rings. The molecule has 0 saturated carbocycles. The van der Waals surface area contributed by atoms with Crippen LogP contribution in [0, 0.1) is 0 Å². The van der Waals surface area contributed by atoms with Gasteiger partial charge >= 0.3 is 23.1 Å². The van der Waals surface area contributed by atoms with Crippen LogP contribution in [0.1, 0.15) is 11.0 Å². The van der Waals surface area contributed by atoms with Gasteiger partial charge in [-0.2, -0.15) is 0 Å². The number of rotatable bonds is 2. The van der Waals surface area contributed by atoms with Crippen LogP contribution in [0.5, 0.6) is 0 Å². The number of halogens is 1. The molecule has 1 rings (SSSR count). The minimum absolute atomic E-state index is 0. The van der Waals surface area contributed by atoms with Gasteiger partial charge in [0.15, 0.2) is 0 Å². The van der Waals surface area contributed by atoms with Gasteiger partial charge in [0.05, 0.1) is 0 Å². The first-order valence-electron chi connectivity index (χ1n) is 2.66. The van der Waals surface area contributed by atoms with E-state index in [-0.39, 0.29) is 35.5 Å². The monoisotopic (exact) mass is 198 g/mol. The minimum Gasteiger partial charge on any atom is -1.00 e. The first-order chi connectivity index (χ1) is 4.34. The molecule has 1 atom stereocenters. The first kappa shape index (κ1) is 14.0. The minimum atomic E-state index is -0.731. The van der Waals surface area contributed by atoms with E-state index in [1.165, 1.54) is 17.4 Å². The van der Waals surface area contributed by atoms with Crippen LogP contribution in [0.2, 0.25) is 0 Å². The van der Waals surface area contributed by atoms with Crippen molar-refractivity contribution in [2.24, 2.45) is 0 Å². The molecule has 0 amide bonds. The van der Waals surface area contributed by atoms with Gasteiger partial charge in [-0.05, 0) is 16.3 Å². The molecule has 0 aliphatic heterocycles. The zero-order chi connectivity index (χ0) is 6.69. The number of hydrogen-bond donors (Lipinski definition) is 0. The van der Waals surface area contributed by atoms with Crippen molar-refractivity contribution in [3.63, 3.8) is 0 Å². The molecule has 0 bridgehead atoms. The predicted molar refractivity (Wildman–Crippen MR) is 43.0 cm³/mol. The third kappa shape index (κ3) is 4.13. The van der Waals surface area contributed by atoms with Crippen LogP contribution in [0.4, 0.5) is 0 Å². The van der Waals surface area contributed by atoms with Crippen molar-refractivity contribution in [2.45, 2.75) is 6.10 Å². The largest absolute Gasteiger partial charge is 2.00 e. The molecular weight excluding hydrogens is 192 g/mol. The zero-order valence-electron chi connectivity index (χ0n) is 6.00. The Hall–Kier alpha value is 0.456. The Kier molecular flexibility index (Phi) is 9.07. The zero-order valence-corrected chi connectivity index (χ0v) is 8.98. The fraction of sp³-hybridized carbons (Fsp3) is 0.143. The number of hydrogen-bond acceptors (Lipinski definition) is 2. The van der Waals surface area contributed by atoms with E-state index in [1.807, 2.05) is 17.5 Å². The summed E-state index contributed by atoms with van der Waals surface area (Å²) < 4.78 is 0. The van der Waals surface area contributed by atoms with E-state index < -0.39 is 6.10 Å². The van der Waals surface area contributed by atoms with Crippen molar-refractivity contribution in [3.8, 4) is 0 Å². The van der Waals surface area contributed by atoms with Crippen LogP contribution in [-0.4, -0.2) is 23.1 Å². The van der Waals surface area contributed by atoms with Crippen molar-refractivity contribution in [3.05, 3.63) is 35.0 Å². The summed E-state index contributed by atoms with van der Waals surface area (Å²) >= 11 is 1.47. The maximum Gasteiger partial charge on any atom is 2.00 e. The van der Waals surface area contributed by atoms with Gasteiger partial charge < -0.3 is 17.5 Å². The predicted octanol–water partition coefficient (Wildman–Crippen LogP) is -2.04. The van der Waals surface area contributed by atoms with Crippen LogP contribution in [0.3, 0.4) is 0 Å². The molecule has 0 aromatic carbocycles. The quantitative estimate of drug-likeness (QED) is 0.397. The molecule has 0 radical (unpaired) electrons. The summed E-state index contributed by atoms with van der Waals surface area (Å²) in [5, 5.41) is 12.7. The van der Waals surface area contributed by atoms with Gasteiger partial charge in [0, 0.05) is 0 Å². The molecule has 11 heavy (non-hydrogen) atoms. The molecular formula is C7H7ClMgOS. The molecule has 1 nitrogen and oxygen atoms in total. The Morgan fingerprint density at radius 2 is 2.27 bits per heavy atom. The van der Waals surface area contributed by atoms with E-state index in [1.54, 1.807) is 0 Å². The summed E-state index contributed by atoms with van der Waals surface area (Å²) in [7, 11) is 0. The van der Waals surface area contributed by atoms with Crippen LogP contribution in [-0.2, 0) is 0 Å². The van der Waals surface area contributed by atoms with E-state index in [2.05, 4.69) is 6.58 Å². The summed E-state index contributed by atoms with van der Waals surface area (Å²) in [5.41, 5.74) is 0. The maximum atomic E-state index is 10.9. The van der Waals surface area contributed by atoms with Gasteiger partial charge in [-0.25, -0.2) is 0 Å². The van der Waals surface area contributed by atoms with Gasteiger partial charge in [0.1, 0.15) is 0 Å². The van der Waals surface area contributed by atoms with Crippen LogP contribution >= 0.6 is 11.3 Å². The second-order valence-corrected chi connectivity index (χ2v) is 2.65. The summed E-state index contributed by atoms with van der Waals surface area (Å²) in [6, 6.07) is 3.69. The van der Waals surface area contributed by atoms with E-state index in [9.17, 15) is 5.11 Å². The summed E-state index contributed by atoms with van der Waals surface area (Å²) in [4.78, 5) is 0.838. The summed E-state index contributed by atoms with van der Waals surface area (Å²) in [6.45, 7) is 3.41. The molecule has 4 heteroatoms. The fourth-order valence-corrected chi connectivity index (χ4v) is 1.27. The topological polar surface area (TPSA) is 23.1 Å². The first-order valence-corrected chi connectivity index (χ1v) is 3.54. The molecule has 0 aliphatic carbocycles. The normalized spacial score (nSPS) is 10.6. The van der Waals surface area contributed by atoms with Crippen LogP contribution in [0.15, 0.2) is 30.2 Å². The number of thiophene rings is 1. The van der Waals surface area contributed by atoms with Crippen LogP contribution in [0.25, 0.3) is 0 Å². The Morgan fingerprint density at radius 3 is 2.64 bits per heavy atom. The van der Waals surface area contributed by atoms with Crippen molar-refractivity contribution in [1.82, 2.24) is 0 Å². The van der Waals surface area contributed by atoms with E-state index in [0.29, 0.717) is 0 Å². The molecule has 56 valence electrons. The third-order valence-electron chi connectivity index (χ3n) is 1.04. The average Bonchev–Trinajstić information content (AvgIpc) is 2.37. The Labute approximate surface area is 92.7 Å². The van der Waals surface area contributed by atoms with Crippen LogP contribution < -0.4 is 17.5 Å². The molecule has 0 aliphatic rings. The molecule has 1 aromatic heterocycles. The second-order valence-electron chi connectivity index (χ2n) is 1.67. The SMILES string of the molecule is C=CC([O-])c1cccs1.[Cl-].[Mg+2]. The van der Waals surface area contributed by atoms with E-state index in [0.717, 1.165) is 4.88 Å². The van der Waals surface area contributed by atoms with Crippen molar-refractivity contribution < 1.29 is 17.5 Å². The maximum absolute atomic E-state index is 10.9. The average molecular weight is 199 g/mol. The Bertz CT molecular complexity index is 188. The Balaban J connectivity index is 0. The van der Waals surface area contributed by atoms with E-state index in [4.69, 9.17) is 0 Å². The van der Waals surface area contributed by atoms with Crippen molar-refractivity contribution >= 4 is 34.4 Å². The smallest absolute Gasteiger partial charge is 1.00 e. The second kappa shape index (κ2) is 7.12. The van der Waals surface area contributed by atoms with Crippen molar-refractivity contribution in [2.75, 3.05) is 0 Å². The van der Waals surface area contributed by atoms with Gasteiger partial charge in [-0.3, -0.25) is 0 Å². The van der Waals surface area contributed by atoms with Gasteiger partial charge in [-0.15, -0.1) is 24.0 Å². The van der Waals surface area contributed by atoms with Gasteiger partial charge in [-0.1, -0.05) is 12.2 Å². The molecule has 0 spiro atoms. The molecule has 0 saturated heterocycles. The standard InChI is InChI=1S/C7H7OS.ClH.Mg/c1-2-6(8)7-4-3-5-9-7;;/h2-6H,1H2;1H;/q-1;;+2/p-1. The van der Waals surface area contributed by atoms with Gasteiger partial charge in [0.25, 0.3) is 0 Å². The van der Waals surface area contributed by atoms with Gasteiger partial charge in [0.2, 0.25) is 0 Å². The van der Waals surface area contributed by atoms with Crippen molar-refractivity contribution in [1.29, 1.82) is 0 Å². The molecule has 1 aromatic rings. The third-order valence-corrected chi connectivity index (χ3v) is 1.97. The summed E-state index contributed by atoms with van der Waals surface area (Å²) in [5.74, 6) is 0. The molecule has 1 heterocycles. The molecule has 0 N–H and O–H groups in total. The molecule has 1 unspecified atom stereocenters. The van der Waals surface area contributed by atoms with E-state index >= 15 is 0 Å².